The summed E-state index contributed by atoms with van der Waals surface area (Å²) in [6.07, 6.45) is 0.372. The lowest BCUT2D eigenvalue weighted by Gasteiger charge is -2.42. The maximum absolute atomic E-state index is 13.3. The number of nitrogens with zero attached hydrogens (tertiary/aromatic N) is 1. The molecule has 0 amide bonds. The Hall–Kier alpha value is -0.150. The number of hydrogen-bond donors (Lipinski definition) is 0. The Labute approximate surface area is 72.7 Å². The Balaban J connectivity index is 1.84. The van der Waals surface area contributed by atoms with Crippen molar-refractivity contribution in [1.82, 2.24) is 4.90 Å². The van der Waals surface area contributed by atoms with E-state index in [4.69, 9.17) is 4.74 Å². The Kier molecular flexibility index (Phi) is 2.33. The second-order valence-corrected chi connectivity index (χ2v) is 3.97. The molecule has 0 saturated carbocycles. The summed E-state index contributed by atoms with van der Waals surface area (Å²) in [6.45, 7) is 5.28. The molecule has 0 radical (unpaired) electrons. The van der Waals surface area contributed by atoms with Crippen molar-refractivity contribution in [2.75, 3.05) is 26.3 Å². The smallest absolute Gasteiger partial charge is 0.115 e. The third-order valence-corrected chi connectivity index (χ3v) is 3.03. The van der Waals surface area contributed by atoms with Crippen LogP contribution in [0.25, 0.3) is 0 Å². The van der Waals surface area contributed by atoms with Crippen LogP contribution in [-0.4, -0.2) is 43.4 Å². The molecule has 0 aromatic heterocycles. The van der Waals surface area contributed by atoms with Crippen molar-refractivity contribution in [2.45, 2.75) is 25.6 Å². The molecule has 2 unspecified atom stereocenters. The van der Waals surface area contributed by atoms with E-state index in [2.05, 4.69) is 4.90 Å². The Morgan fingerprint density at radius 1 is 1.42 bits per heavy atom. The molecule has 2 aliphatic heterocycles. The maximum Gasteiger partial charge on any atom is 0.115 e. The average Bonchev–Trinajstić information content (AvgIpc) is 1.93. The van der Waals surface area contributed by atoms with Gasteiger partial charge < -0.3 is 4.74 Å². The van der Waals surface area contributed by atoms with Gasteiger partial charge in [-0.15, -0.1) is 0 Å². The zero-order chi connectivity index (χ0) is 8.55. The molecule has 3 heteroatoms. The van der Waals surface area contributed by atoms with Gasteiger partial charge in [0.15, 0.2) is 0 Å². The van der Waals surface area contributed by atoms with E-state index in [0.717, 1.165) is 26.2 Å². The molecular weight excluding hydrogens is 157 g/mol. The summed E-state index contributed by atoms with van der Waals surface area (Å²) in [7, 11) is 0. The van der Waals surface area contributed by atoms with Crippen molar-refractivity contribution in [2.24, 2.45) is 5.92 Å². The van der Waals surface area contributed by atoms with E-state index in [-0.39, 0.29) is 5.92 Å². The Morgan fingerprint density at radius 2 is 2.17 bits per heavy atom. The lowest BCUT2D eigenvalue weighted by molar-refractivity contribution is -0.0841. The average molecular weight is 173 g/mol. The van der Waals surface area contributed by atoms with E-state index >= 15 is 0 Å². The number of alkyl halides is 1. The summed E-state index contributed by atoms with van der Waals surface area (Å²) >= 11 is 0. The largest absolute Gasteiger partial charge is 0.378 e. The number of piperidine rings is 1. The van der Waals surface area contributed by atoms with Crippen LogP contribution in [0.4, 0.5) is 4.39 Å². The third-order valence-electron chi connectivity index (χ3n) is 3.03. The van der Waals surface area contributed by atoms with Gasteiger partial charge in [-0.1, -0.05) is 6.92 Å². The fourth-order valence-electron chi connectivity index (χ4n) is 1.81. The molecule has 2 nitrogen and oxygen atoms in total. The van der Waals surface area contributed by atoms with Gasteiger partial charge in [0.25, 0.3) is 0 Å². The molecule has 0 aliphatic carbocycles. The van der Waals surface area contributed by atoms with E-state index in [9.17, 15) is 4.39 Å². The third kappa shape index (κ3) is 1.48. The highest BCUT2D eigenvalue weighted by atomic mass is 19.1. The summed E-state index contributed by atoms with van der Waals surface area (Å²) in [5, 5.41) is 0. The maximum atomic E-state index is 13.3. The van der Waals surface area contributed by atoms with Crippen molar-refractivity contribution in [3.8, 4) is 0 Å². The van der Waals surface area contributed by atoms with Gasteiger partial charge in [0.2, 0.25) is 0 Å². The molecule has 2 aliphatic rings. The van der Waals surface area contributed by atoms with Crippen LogP contribution in [0.15, 0.2) is 0 Å². The molecule has 0 N–H and O–H groups in total. The molecule has 2 atom stereocenters. The van der Waals surface area contributed by atoms with Gasteiger partial charge in [0, 0.05) is 6.54 Å². The molecule has 0 spiro atoms. The molecule has 70 valence electrons. The van der Waals surface area contributed by atoms with Crippen LogP contribution in [0.3, 0.4) is 0 Å². The second kappa shape index (κ2) is 3.30. The van der Waals surface area contributed by atoms with E-state index in [1.807, 2.05) is 6.92 Å². The SMILES string of the molecule is CC1CCN(C2COC2)CC1F. The van der Waals surface area contributed by atoms with Gasteiger partial charge in [-0.2, -0.15) is 0 Å². The van der Waals surface area contributed by atoms with Gasteiger partial charge in [-0.3, -0.25) is 4.90 Å². The number of likely N-dealkylation sites (tertiary alicyclic amines) is 1. The van der Waals surface area contributed by atoms with E-state index in [0.29, 0.717) is 12.6 Å². The van der Waals surface area contributed by atoms with Crippen LogP contribution < -0.4 is 0 Å². The second-order valence-electron chi connectivity index (χ2n) is 3.97. The highest BCUT2D eigenvalue weighted by Crippen LogP contribution is 2.23. The minimum atomic E-state index is -0.626. The zero-order valence-electron chi connectivity index (χ0n) is 7.50. The quantitative estimate of drug-likeness (QED) is 0.588. The van der Waals surface area contributed by atoms with Gasteiger partial charge in [0.05, 0.1) is 19.3 Å². The summed E-state index contributed by atoms with van der Waals surface area (Å²) in [5.41, 5.74) is 0. The molecular formula is C9H16FNO. The number of halogens is 1. The molecule has 0 aromatic carbocycles. The van der Waals surface area contributed by atoms with Crippen molar-refractivity contribution >= 4 is 0 Å². The molecule has 2 rings (SSSR count). The summed E-state index contributed by atoms with van der Waals surface area (Å²) < 4.78 is 18.4. The molecule has 0 bridgehead atoms. The normalized spacial score (nSPS) is 39.5. The summed E-state index contributed by atoms with van der Waals surface area (Å²) in [5.74, 6) is 0.252. The monoisotopic (exact) mass is 173 g/mol. The molecule has 0 aromatic rings. The predicted molar refractivity (Wildman–Crippen MR) is 44.9 cm³/mol. The van der Waals surface area contributed by atoms with Gasteiger partial charge in [-0.25, -0.2) is 4.39 Å². The van der Waals surface area contributed by atoms with Crippen LogP contribution in [0, 0.1) is 5.92 Å². The molecule has 2 fully saturated rings. The van der Waals surface area contributed by atoms with Gasteiger partial charge in [-0.05, 0) is 18.9 Å². The minimum absolute atomic E-state index is 0.252. The predicted octanol–water partition coefficient (Wildman–Crippen LogP) is 1.07. The van der Waals surface area contributed by atoms with Gasteiger partial charge >= 0.3 is 0 Å². The number of rotatable bonds is 1. The Bertz CT molecular complexity index is 161. The minimum Gasteiger partial charge on any atom is -0.378 e. The van der Waals surface area contributed by atoms with Crippen LogP contribution >= 0.6 is 0 Å². The Morgan fingerprint density at radius 3 is 2.67 bits per heavy atom. The van der Waals surface area contributed by atoms with Crippen molar-refractivity contribution < 1.29 is 9.13 Å². The zero-order valence-corrected chi connectivity index (χ0v) is 7.50. The first-order chi connectivity index (χ1) is 5.77. The lowest BCUT2D eigenvalue weighted by Crippen LogP contribution is -2.54. The van der Waals surface area contributed by atoms with Crippen molar-refractivity contribution in [3.63, 3.8) is 0 Å². The van der Waals surface area contributed by atoms with Crippen LogP contribution in [0.5, 0.6) is 0 Å². The summed E-state index contributed by atoms with van der Waals surface area (Å²) in [6, 6.07) is 0.510. The van der Waals surface area contributed by atoms with Crippen LogP contribution in [0.1, 0.15) is 13.3 Å². The van der Waals surface area contributed by atoms with Crippen LogP contribution in [-0.2, 0) is 4.74 Å². The van der Waals surface area contributed by atoms with Crippen molar-refractivity contribution in [3.05, 3.63) is 0 Å². The lowest BCUT2D eigenvalue weighted by atomic mass is 9.96. The first-order valence-electron chi connectivity index (χ1n) is 4.73. The highest BCUT2D eigenvalue weighted by Gasteiger charge is 2.33. The van der Waals surface area contributed by atoms with E-state index in [1.54, 1.807) is 0 Å². The van der Waals surface area contributed by atoms with E-state index < -0.39 is 6.17 Å². The van der Waals surface area contributed by atoms with Gasteiger partial charge in [0.1, 0.15) is 6.17 Å². The fourth-order valence-corrected chi connectivity index (χ4v) is 1.81. The first-order valence-corrected chi connectivity index (χ1v) is 4.73. The highest BCUT2D eigenvalue weighted by molar-refractivity contribution is 4.85. The summed E-state index contributed by atoms with van der Waals surface area (Å²) in [4.78, 5) is 2.23. The van der Waals surface area contributed by atoms with E-state index in [1.165, 1.54) is 0 Å². The first kappa shape index (κ1) is 8.45. The molecule has 12 heavy (non-hydrogen) atoms. The number of hydrogen-bond acceptors (Lipinski definition) is 2. The molecule has 2 heterocycles. The standard InChI is InChI=1S/C9H16FNO/c1-7-2-3-11(4-9(7)10)8-5-12-6-8/h7-9H,2-6H2,1H3. The number of ether oxygens (including phenoxy) is 1. The fraction of sp³-hybridized carbons (Fsp3) is 1.00. The van der Waals surface area contributed by atoms with Crippen LogP contribution in [0.2, 0.25) is 0 Å². The van der Waals surface area contributed by atoms with Crippen molar-refractivity contribution in [1.29, 1.82) is 0 Å². The topological polar surface area (TPSA) is 12.5 Å². The molecule has 2 saturated heterocycles.